The molecule has 0 aromatic heterocycles. The third-order valence-corrected chi connectivity index (χ3v) is 2.64. The lowest BCUT2D eigenvalue weighted by atomic mass is 9.82. The first-order valence-electron chi connectivity index (χ1n) is 4.33. The summed E-state index contributed by atoms with van der Waals surface area (Å²) in [5, 5.41) is 18.1. The van der Waals surface area contributed by atoms with E-state index < -0.39 is 5.41 Å². The SMILES string of the molecule is C=C1C(=O)c2ccccc2C1(C#N)C#N. The van der Waals surface area contributed by atoms with Crippen LogP contribution < -0.4 is 0 Å². The first kappa shape index (κ1) is 9.18. The molecule has 3 heteroatoms. The van der Waals surface area contributed by atoms with E-state index in [0.29, 0.717) is 11.1 Å². The summed E-state index contributed by atoms with van der Waals surface area (Å²) in [7, 11) is 0. The lowest BCUT2D eigenvalue weighted by Crippen LogP contribution is -2.20. The maximum atomic E-state index is 11.7. The molecule has 0 saturated heterocycles. The number of Topliss-reactive ketones (excluding diaryl/α,β-unsaturated/α-hetero) is 1. The highest BCUT2D eigenvalue weighted by molar-refractivity contribution is 6.16. The van der Waals surface area contributed by atoms with Crippen molar-refractivity contribution in [2.45, 2.75) is 5.41 Å². The van der Waals surface area contributed by atoms with Crippen LogP contribution in [-0.2, 0) is 5.41 Å². The average molecular weight is 194 g/mol. The third kappa shape index (κ3) is 0.895. The first-order chi connectivity index (χ1) is 7.17. The molecule has 0 spiro atoms. The molecule has 1 aromatic carbocycles. The third-order valence-electron chi connectivity index (χ3n) is 2.64. The van der Waals surface area contributed by atoms with Crippen molar-refractivity contribution in [2.75, 3.05) is 0 Å². The Morgan fingerprint density at radius 1 is 1.20 bits per heavy atom. The highest BCUT2D eigenvalue weighted by Gasteiger charge is 2.47. The zero-order chi connectivity index (χ0) is 11.1. The number of benzene rings is 1. The molecule has 0 heterocycles. The van der Waals surface area contributed by atoms with E-state index in [0.717, 1.165) is 0 Å². The van der Waals surface area contributed by atoms with Gasteiger partial charge in [-0.25, -0.2) is 0 Å². The molecule has 1 aromatic rings. The van der Waals surface area contributed by atoms with Crippen molar-refractivity contribution in [3.63, 3.8) is 0 Å². The summed E-state index contributed by atoms with van der Waals surface area (Å²) in [4.78, 5) is 11.7. The minimum Gasteiger partial charge on any atom is -0.289 e. The monoisotopic (exact) mass is 194 g/mol. The minimum atomic E-state index is -1.49. The van der Waals surface area contributed by atoms with Crippen LogP contribution in [0.4, 0.5) is 0 Å². The van der Waals surface area contributed by atoms with Crippen molar-refractivity contribution in [1.29, 1.82) is 10.5 Å². The number of allylic oxidation sites excluding steroid dienone is 1. The van der Waals surface area contributed by atoms with Crippen LogP contribution in [0.3, 0.4) is 0 Å². The molecule has 0 radical (unpaired) electrons. The molecule has 3 nitrogen and oxygen atoms in total. The number of carbonyl (C=O) groups is 1. The van der Waals surface area contributed by atoms with E-state index in [1.165, 1.54) is 0 Å². The van der Waals surface area contributed by atoms with Crippen molar-refractivity contribution < 1.29 is 4.79 Å². The summed E-state index contributed by atoms with van der Waals surface area (Å²) < 4.78 is 0. The summed E-state index contributed by atoms with van der Waals surface area (Å²) in [6.07, 6.45) is 0. The van der Waals surface area contributed by atoms with Gasteiger partial charge < -0.3 is 0 Å². The average Bonchev–Trinajstić information content (AvgIpc) is 2.51. The Labute approximate surface area is 86.9 Å². The van der Waals surface area contributed by atoms with E-state index in [4.69, 9.17) is 10.5 Å². The second-order valence-corrected chi connectivity index (χ2v) is 3.33. The van der Waals surface area contributed by atoms with Gasteiger partial charge in [0.15, 0.2) is 11.2 Å². The highest BCUT2D eigenvalue weighted by Crippen LogP contribution is 2.41. The van der Waals surface area contributed by atoms with E-state index in [1.807, 2.05) is 12.1 Å². The van der Waals surface area contributed by atoms with Gasteiger partial charge in [0.05, 0.1) is 12.1 Å². The fraction of sp³-hybridized carbons (Fsp3) is 0.0833. The predicted molar refractivity (Wildman–Crippen MR) is 52.8 cm³/mol. The molecule has 1 aliphatic carbocycles. The first-order valence-corrected chi connectivity index (χ1v) is 4.33. The normalized spacial score (nSPS) is 16.7. The van der Waals surface area contributed by atoms with Crippen LogP contribution >= 0.6 is 0 Å². The van der Waals surface area contributed by atoms with E-state index >= 15 is 0 Å². The second kappa shape index (κ2) is 2.80. The zero-order valence-corrected chi connectivity index (χ0v) is 7.82. The quantitative estimate of drug-likeness (QED) is 0.590. The standard InChI is InChI=1S/C12H6N2O/c1-8-11(15)9-4-2-3-5-10(9)12(8,6-13)7-14/h2-5H,1H2. The largest absolute Gasteiger partial charge is 0.289 e. The number of rotatable bonds is 0. The van der Waals surface area contributed by atoms with Gasteiger partial charge in [0.1, 0.15) is 0 Å². The molecule has 0 N–H and O–H groups in total. The zero-order valence-electron chi connectivity index (χ0n) is 7.82. The maximum absolute atomic E-state index is 11.7. The fourth-order valence-electron chi connectivity index (χ4n) is 1.78. The van der Waals surface area contributed by atoms with Crippen molar-refractivity contribution in [3.05, 3.63) is 47.5 Å². The smallest absolute Gasteiger partial charge is 0.197 e. The summed E-state index contributed by atoms with van der Waals surface area (Å²) in [5.41, 5.74) is -0.586. The van der Waals surface area contributed by atoms with Crippen LogP contribution in [0.15, 0.2) is 36.4 Å². The van der Waals surface area contributed by atoms with Crippen LogP contribution in [-0.4, -0.2) is 5.78 Å². The van der Waals surface area contributed by atoms with Gasteiger partial charge in [-0.3, -0.25) is 4.79 Å². The Balaban J connectivity index is 2.85. The summed E-state index contributed by atoms with van der Waals surface area (Å²) >= 11 is 0. The molecular weight excluding hydrogens is 188 g/mol. The van der Waals surface area contributed by atoms with Gasteiger partial charge in [-0.1, -0.05) is 30.8 Å². The Hall–Kier alpha value is -2.39. The van der Waals surface area contributed by atoms with Crippen molar-refractivity contribution in [2.24, 2.45) is 0 Å². The number of hydrogen-bond donors (Lipinski definition) is 0. The molecule has 0 unspecified atom stereocenters. The molecule has 1 aliphatic rings. The van der Waals surface area contributed by atoms with Crippen molar-refractivity contribution in [1.82, 2.24) is 0 Å². The summed E-state index contributed by atoms with van der Waals surface area (Å²) in [5.74, 6) is -0.311. The van der Waals surface area contributed by atoms with Crippen LogP contribution in [0.5, 0.6) is 0 Å². The number of nitriles is 2. The van der Waals surface area contributed by atoms with E-state index in [9.17, 15) is 4.79 Å². The number of nitrogens with zero attached hydrogens (tertiary/aromatic N) is 2. The molecule has 2 rings (SSSR count). The molecule has 0 atom stereocenters. The molecular formula is C12H6N2O. The van der Waals surface area contributed by atoms with Gasteiger partial charge in [0, 0.05) is 16.7 Å². The molecule has 0 bridgehead atoms. The van der Waals surface area contributed by atoms with Crippen molar-refractivity contribution in [3.8, 4) is 12.1 Å². The van der Waals surface area contributed by atoms with Gasteiger partial charge in [-0.2, -0.15) is 10.5 Å². The van der Waals surface area contributed by atoms with E-state index in [2.05, 4.69) is 6.58 Å². The summed E-state index contributed by atoms with van der Waals surface area (Å²) in [6.45, 7) is 3.55. The molecule has 70 valence electrons. The molecule has 0 saturated carbocycles. The molecule has 15 heavy (non-hydrogen) atoms. The Morgan fingerprint density at radius 2 is 1.80 bits per heavy atom. The van der Waals surface area contributed by atoms with Gasteiger partial charge >= 0.3 is 0 Å². The van der Waals surface area contributed by atoms with Gasteiger partial charge in [-0.05, 0) is 0 Å². The van der Waals surface area contributed by atoms with Gasteiger partial charge in [-0.15, -0.1) is 0 Å². The topological polar surface area (TPSA) is 64.7 Å². The lowest BCUT2D eigenvalue weighted by molar-refractivity contribution is 0.103. The van der Waals surface area contributed by atoms with E-state index in [1.54, 1.807) is 24.3 Å². The van der Waals surface area contributed by atoms with E-state index in [-0.39, 0.29) is 11.4 Å². The van der Waals surface area contributed by atoms with Crippen molar-refractivity contribution >= 4 is 5.78 Å². The second-order valence-electron chi connectivity index (χ2n) is 3.33. The summed E-state index contributed by atoms with van der Waals surface area (Å²) in [6, 6.07) is 10.4. The van der Waals surface area contributed by atoms with Crippen LogP contribution in [0.2, 0.25) is 0 Å². The Bertz CT molecular complexity index is 544. The fourth-order valence-corrected chi connectivity index (χ4v) is 1.78. The minimum absolute atomic E-state index is 0.0497. The Kier molecular flexibility index (Phi) is 1.71. The van der Waals surface area contributed by atoms with Crippen LogP contribution in [0.25, 0.3) is 0 Å². The molecule has 0 amide bonds. The van der Waals surface area contributed by atoms with Gasteiger partial charge in [0.25, 0.3) is 0 Å². The number of fused-ring (bicyclic) bond motifs is 1. The number of ketones is 1. The Morgan fingerprint density at radius 3 is 2.40 bits per heavy atom. The molecule has 0 aliphatic heterocycles. The van der Waals surface area contributed by atoms with Crippen LogP contribution in [0.1, 0.15) is 15.9 Å². The lowest BCUT2D eigenvalue weighted by Gasteiger charge is -2.11. The van der Waals surface area contributed by atoms with Crippen LogP contribution in [0, 0.1) is 22.7 Å². The predicted octanol–water partition coefficient (Wildman–Crippen LogP) is 1.72. The van der Waals surface area contributed by atoms with Gasteiger partial charge in [0.2, 0.25) is 0 Å². The highest BCUT2D eigenvalue weighted by atomic mass is 16.1. The number of carbonyl (C=O) groups excluding carboxylic acids is 1. The maximum Gasteiger partial charge on any atom is 0.197 e. The number of hydrogen-bond acceptors (Lipinski definition) is 3. The molecule has 0 fully saturated rings.